The molecule has 0 saturated heterocycles. The monoisotopic (exact) mass is 263 g/mol. The van der Waals surface area contributed by atoms with Crippen molar-refractivity contribution in [2.24, 2.45) is 0 Å². The molecule has 1 aliphatic carbocycles. The van der Waals surface area contributed by atoms with E-state index in [2.05, 4.69) is 19.2 Å². The first-order valence-electron chi connectivity index (χ1n) is 6.60. The number of rotatable bonds is 4. The summed E-state index contributed by atoms with van der Waals surface area (Å²) in [4.78, 5) is 1.30. The SMILES string of the molecule is CC(C)c1c(CNC2CC2)sc2c(F)cccc12. The molecule has 1 N–H and O–H groups in total. The molecular weight excluding hydrogens is 245 g/mol. The Kier molecular flexibility index (Phi) is 3.12. The smallest absolute Gasteiger partial charge is 0.141 e. The van der Waals surface area contributed by atoms with Gasteiger partial charge in [-0.15, -0.1) is 11.3 Å². The quantitative estimate of drug-likeness (QED) is 0.861. The third kappa shape index (κ3) is 2.17. The predicted molar refractivity (Wildman–Crippen MR) is 75.7 cm³/mol. The van der Waals surface area contributed by atoms with Crippen LogP contribution in [-0.4, -0.2) is 6.04 Å². The van der Waals surface area contributed by atoms with Gasteiger partial charge in [-0.05, 0) is 35.8 Å². The fourth-order valence-electron chi connectivity index (χ4n) is 2.44. The summed E-state index contributed by atoms with van der Waals surface area (Å²) >= 11 is 1.61. The minimum absolute atomic E-state index is 0.0860. The number of nitrogens with one attached hydrogen (secondary N) is 1. The summed E-state index contributed by atoms with van der Waals surface area (Å²) in [7, 11) is 0. The molecule has 0 unspecified atom stereocenters. The fourth-order valence-corrected chi connectivity index (χ4v) is 3.75. The second kappa shape index (κ2) is 4.63. The number of hydrogen-bond donors (Lipinski definition) is 1. The van der Waals surface area contributed by atoms with E-state index in [1.807, 2.05) is 12.1 Å². The number of benzene rings is 1. The lowest BCUT2D eigenvalue weighted by Crippen LogP contribution is -2.15. The molecule has 1 nitrogen and oxygen atoms in total. The number of thiophene rings is 1. The Bertz CT molecular complexity index is 569. The average Bonchev–Trinajstić information content (AvgIpc) is 3.06. The zero-order valence-electron chi connectivity index (χ0n) is 10.8. The molecule has 1 aromatic heterocycles. The minimum Gasteiger partial charge on any atom is -0.309 e. The summed E-state index contributed by atoms with van der Waals surface area (Å²) in [5.41, 5.74) is 1.32. The molecule has 96 valence electrons. The molecular formula is C15H18FNS. The first-order valence-corrected chi connectivity index (χ1v) is 7.41. The van der Waals surface area contributed by atoms with Crippen LogP contribution in [-0.2, 0) is 6.54 Å². The maximum Gasteiger partial charge on any atom is 0.141 e. The Hall–Kier alpha value is -0.930. The summed E-state index contributed by atoms with van der Waals surface area (Å²) in [6.45, 7) is 5.26. The van der Waals surface area contributed by atoms with Gasteiger partial charge in [-0.3, -0.25) is 0 Å². The lowest BCUT2D eigenvalue weighted by molar-refractivity contribution is 0.641. The standard InChI is InChI=1S/C15H18FNS/c1-9(2)14-11-4-3-5-12(16)15(11)18-13(14)8-17-10-6-7-10/h3-5,9-10,17H,6-8H2,1-2H3. The van der Waals surface area contributed by atoms with E-state index >= 15 is 0 Å². The molecule has 0 amide bonds. The van der Waals surface area contributed by atoms with Crippen LogP contribution in [0.2, 0.25) is 0 Å². The van der Waals surface area contributed by atoms with Crippen molar-refractivity contribution in [2.45, 2.75) is 45.2 Å². The molecule has 1 aliphatic rings. The topological polar surface area (TPSA) is 12.0 Å². The second-order valence-corrected chi connectivity index (χ2v) is 6.47. The highest BCUT2D eigenvalue weighted by Gasteiger charge is 2.22. The van der Waals surface area contributed by atoms with Crippen molar-refractivity contribution in [2.75, 3.05) is 0 Å². The van der Waals surface area contributed by atoms with Gasteiger partial charge in [-0.25, -0.2) is 4.39 Å². The van der Waals surface area contributed by atoms with E-state index in [1.165, 1.54) is 23.3 Å². The number of halogens is 1. The van der Waals surface area contributed by atoms with Crippen LogP contribution < -0.4 is 5.32 Å². The Labute approximate surface area is 111 Å². The molecule has 1 saturated carbocycles. The highest BCUT2D eigenvalue weighted by Crippen LogP contribution is 2.37. The zero-order chi connectivity index (χ0) is 12.7. The van der Waals surface area contributed by atoms with Crippen LogP contribution >= 0.6 is 11.3 Å². The molecule has 18 heavy (non-hydrogen) atoms. The summed E-state index contributed by atoms with van der Waals surface area (Å²) in [5, 5.41) is 4.64. The summed E-state index contributed by atoms with van der Waals surface area (Å²) < 4.78 is 14.7. The Morgan fingerprint density at radius 2 is 2.17 bits per heavy atom. The van der Waals surface area contributed by atoms with Gasteiger partial charge in [0.2, 0.25) is 0 Å². The first kappa shape index (κ1) is 12.1. The van der Waals surface area contributed by atoms with Crippen LogP contribution in [0.15, 0.2) is 18.2 Å². The molecule has 0 radical (unpaired) electrons. The van der Waals surface area contributed by atoms with Gasteiger partial charge in [-0.2, -0.15) is 0 Å². The van der Waals surface area contributed by atoms with Crippen molar-refractivity contribution >= 4 is 21.4 Å². The van der Waals surface area contributed by atoms with E-state index in [0.717, 1.165) is 16.6 Å². The molecule has 1 fully saturated rings. The van der Waals surface area contributed by atoms with Gasteiger partial charge in [0.15, 0.2) is 0 Å². The second-order valence-electron chi connectivity index (χ2n) is 5.37. The maximum absolute atomic E-state index is 13.8. The molecule has 3 heteroatoms. The molecule has 0 aliphatic heterocycles. The molecule has 3 rings (SSSR count). The van der Waals surface area contributed by atoms with Gasteiger partial charge in [0, 0.05) is 17.5 Å². The van der Waals surface area contributed by atoms with E-state index in [-0.39, 0.29) is 5.82 Å². The van der Waals surface area contributed by atoms with Gasteiger partial charge >= 0.3 is 0 Å². The van der Waals surface area contributed by atoms with Crippen molar-refractivity contribution in [1.82, 2.24) is 5.32 Å². The van der Waals surface area contributed by atoms with Crippen molar-refractivity contribution in [3.8, 4) is 0 Å². The molecule has 0 bridgehead atoms. The molecule has 1 aromatic carbocycles. The predicted octanol–water partition coefficient (Wildman–Crippen LogP) is 4.42. The first-order chi connectivity index (χ1) is 8.66. The zero-order valence-corrected chi connectivity index (χ0v) is 11.6. The van der Waals surface area contributed by atoms with E-state index in [1.54, 1.807) is 17.4 Å². The lowest BCUT2D eigenvalue weighted by atomic mass is 9.99. The molecule has 1 heterocycles. The molecule has 2 aromatic rings. The van der Waals surface area contributed by atoms with E-state index in [4.69, 9.17) is 0 Å². The van der Waals surface area contributed by atoms with Gasteiger partial charge in [-0.1, -0.05) is 26.0 Å². The molecule has 0 spiro atoms. The van der Waals surface area contributed by atoms with Crippen LogP contribution in [0, 0.1) is 5.82 Å². The fraction of sp³-hybridized carbons (Fsp3) is 0.467. The normalized spacial score (nSPS) is 15.8. The Morgan fingerprint density at radius 3 is 2.83 bits per heavy atom. The van der Waals surface area contributed by atoms with E-state index in [0.29, 0.717) is 12.0 Å². The third-order valence-corrected chi connectivity index (χ3v) is 4.72. The van der Waals surface area contributed by atoms with Crippen molar-refractivity contribution in [3.63, 3.8) is 0 Å². The average molecular weight is 263 g/mol. The van der Waals surface area contributed by atoms with Gasteiger partial charge in [0.25, 0.3) is 0 Å². The third-order valence-electron chi connectivity index (χ3n) is 3.49. The van der Waals surface area contributed by atoms with Crippen LogP contribution in [0.4, 0.5) is 4.39 Å². The summed E-state index contributed by atoms with van der Waals surface area (Å²) in [6.07, 6.45) is 2.58. The van der Waals surface area contributed by atoms with Crippen molar-refractivity contribution in [1.29, 1.82) is 0 Å². The highest BCUT2D eigenvalue weighted by molar-refractivity contribution is 7.19. The molecule has 0 atom stereocenters. The van der Waals surface area contributed by atoms with Crippen molar-refractivity contribution in [3.05, 3.63) is 34.5 Å². The highest BCUT2D eigenvalue weighted by atomic mass is 32.1. The van der Waals surface area contributed by atoms with Crippen LogP contribution in [0.3, 0.4) is 0 Å². The summed E-state index contributed by atoms with van der Waals surface area (Å²) in [6, 6.07) is 6.11. The number of fused-ring (bicyclic) bond motifs is 1. The van der Waals surface area contributed by atoms with Gasteiger partial charge < -0.3 is 5.32 Å². The van der Waals surface area contributed by atoms with E-state index in [9.17, 15) is 4.39 Å². The lowest BCUT2D eigenvalue weighted by Gasteiger charge is -2.08. The number of hydrogen-bond acceptors (Lipinski definition) is 2. The van der Waals surface area contributed by atoms with Crippen molar-refractivity contribution < 1.29 is 4.39 Å². The van der Waals surface area contributed by atoms with E-state index < -0.39 is 0 Å². The minimum atomic E-state index is -0.0860. The Morgan fingerprint density at radius 1 is 1.39 bits per heavy atom. The summed E-state index contributed by atoms with van der Waals surface area (Å²) in [5.74, 6) is 0.355. The van der Waals surface area contributed by atoms with Crippen LogP contribution in [0.1, 0.15) is 43.0 Å². The van der Waals surface area contributed by atoms with Crippen LogP contribution in [0.25, 0.3) is 10.1 Å². The van der Waals surface area contributed by atoms with Gasteiger partial charge in [0.1, 0.15) is 5.82 Å². The largest absolute Gasteiger partial charge is 0.309 e. The van der Waals surface area contributed by atoms with Crippen LogP contribution in [0.5, 0.6) is 0 Å². The maximum atomic E-state index is 13.8. The Balaban J connectivity index is 2.04. The van der Waals surface area contributed by atoms with Gasteiger partial charge in [0.05, 0.1) is 4.70 Å².